The van der Waals surface area contributed by atoms with Gasteiger partial charge in [0.05, 0.1) is 28.2 Å². The predicted molar refractivity (Wildman–Crippen MR) is 113 cm³/mol. The summed E-state index contributed by atoms with van der Waals surface area (Å²) in [5.41, 5.74) is 2.32. The largest absolute Gasteiger partial charge is 0.548 e. The lowest BCUT2D eigenvalue weighted by Gasteiger charge is -2.27. The van der Waals surface area contributed by atoms with Gasteiger partial charge in [-0.05, 0) is 18.1 Å². The zero-order chi connectivity index (χ0) is 20.7. The van der Waals surface area contributed by atoms with Crippen LogP contribution in [0.4, 0.5) is 5.69 Å². The Morgan fingerprint density at radius 1 is 1.07 bits per heavy atom. The summed E-state index contributed by atoms with van der Waals surface area (Å²) in [6.07, 6.45) is 0.0582. The minimum absolute atomic E-state index is 0.0582. The molecule has 0 saturated carbocycles. The van der Waals surface area contributed by atoms with Crippen molar-refractivity contribution in [1.82, 2.24) is 4.90 Å². The Morgan fingerprint density at radius 2 is 1.72 bits per heavy atom. The summed E-state index contributed by atoms with van der Waals surface area (Å²) in [5, 5.41) is 11.9. The molecule has 0 bridgehead atoms. The molecule has 6 nitrogen and oxygen atoms in total. The summed E-state index contributed by atoms with van der Waals surface area (Å²) in [6.45, 7) is 0. The number of anilines is 1. The fourth-order valence-electron chi connectivity index (χ4n) is 3.51. The summed E-state index contributed by atoms with van der Waals surface area (Å²) in [5.74, 6) is -2.30. The zero-order valence-corrected chi connectivity index (χ0v) is 17.0. The highest BCUT2D eigenvalue weighted by Gasteiger charge is 2.43. The first-order chi connectivity index (χ1) is 13.9. The van der Waals surface area contributed by atoms with Crippen LogP contribution in [0.5, 0.6) is 0 Å². The van der Waals surface area contributed by atoms with Crippen LogP contribution in [0.1, 0.15) is 11.1 Å². The average molecular weight is 423 g/mol. The molecule has 1 atom stereocenters. The van der Waals surface area contributed by atoms with Gasteiger partial charge in [0.2, 0.25) is 0 Å². The van der Waals surface area contributed by atoms with Gasteiger partial charge in [-0.15, -0.1) is 0 Å². The maximum absolute atomic E-state index is 13.2. The van der Waals surface area contributed by atoms with Crippen LogP contribution >= 0.6 is 24.0 Å². The predicted octanol–water partition coefficient (Wildman–Crippen LogP) is 1.60. The van der Waals surface area contributed by atoms with Gasteiger partial charge in [0, 0.05) is 12.6 Å². The molecular formula is C21H15N2O4S2-. The number of nitrogens with zero attached hydrogens (tertiary/aromatic N) is 2. The van der Waals surface area contributed by atoms with E-state index in [1.54, 1.807) is 49.5 Å². The topological polar surface area (TPSA) is 80.8 Å². The van der Waals surface area contributed by atoms with Gasteiger partial charge in [0.25, 0.3) is 11.8 Å². The normalized spacial score (nSPS) is 19.7. The van der Waals surface area contributed by atoms with E-state index in [9.17, 15) is 19.5 Å². The summed E-state index contributed by atoms with van der Waals surface area (Å²) in [6, 6.07) is 14.8. The van der Waals surface area contributed by atoms with Crippen molar-refractivity contribution in [3.63, 3.8) is 0 Å². The van der Waals surface area contributed by atoms with Crippen LogP contribution in [-0.4, -0.2) is 40.1 Å². The SMILES string of the molecule is CN1C(=O)/C(=C2\SC(=S)N([C@H](Cc3ccccc3)C(=O)[O-])C2=O)c2ccccc21. The van der Waals surface area contributed by atoms with E-state index in [0.29, 0.717) is 11.3 Å². The van der Waals surface area contributed by atoms with Gasteiger partial charge in [-0.1, -0.05) is 72.5 Å². The number of amides is 2. The fourth-order valence-corrected chi connectivity index (χ4v) is 4.93. The lowest BCUT2D eigenvalue weighted by Crippen LogP contribution is -2.51. The van der Waals surface area contributed by atoms with E-state index in [1.807, 2.05) is 12.1 Å². The molecule has 0 N–H and O–H groups in total. The summed E-state index contributed by atoms with van der Waals surface area (Å²) in [7, 11) is 1.63. The molecule has 1 saturated heterocycles. The molecule has 0 aromatic heterocycles. The molecule has 2 aliphatic heterocycles. The maximum atomic E-state index is 13.2. The quantitative estimate of drug-likeness (QED) is 0.549. The van der Waals surface area contributed by atoms with Crippen LogP contribution in [0, 0.1) is 0 Å². The Kier molecular flexibility index (Phi) is 4.97. The number of likely N-dealkylation sites (N-methyl/N-ethyl adjacent to an activating group) is 1. The number of carbonyl (C=O) groups is 3. The molecular weight excluding hydrogens is 408 g/mol. The smallest absolute Gasteiger partial charge is 0.267 e. The number of hydrogen-bond donors (Lipinski definition) is 0. The monoisotopic (exact) mass is 423 g/mol. The molecule has 2 aromatic carbocycles. The molecule has 2 heterocycles. The van der Waals surface area contributed by atoms with E-state index in [4.69, 9.17) is 12.2 Å². The average Bonchev–Trinajstić information content (AvgIpc) is 3.14. The van der Waals surface area contributed by atoms with Crippen LogP contribution in [-0.2, 0) is 20.8 Å². The van der Waals surface area contributed by atoms with E-state index in [2.05, 4.69) is 0 Å². The molecule has 2 aliphatic rings. The molecule has 0 unspecified atom stereocenters. The maximum Gasteiger partial charge on any atom is 0.267 e. The van der Waals surface area contributed by atoms with Gasteiger partial charge in [-0.25, -0.2) is 0 Å². The number of rotatable bonds is 4. The minimum atomic E-state index is -1.40. The van der Waals surface area contributed by atoms with Crippen LogP contribution in [0.3, 0.4) is 0 Å². The van der Waals surface area contributed by atoms with E-state index < -0.39 is 17.9 Å². The molecule has 146 valence electrons. The molecule has 2 amide bonds. The van der Waals surface area contributed by atoms with E-state index >= 15 is 0 Å². The highest BCUT2D eigenvalue weighted by molar-refractivity contribution is 8.26. The van der Waals surface area contributed by atoms with Crippen molar-refractivity contribution in [3.05, 3.63) is 70.6 Å². The number of carboxylic acid groups (broad SMARTS) is 1. The Labute approximate surface area is 176 Å². The molecule has 2 aromatic rings. The van der Waals surface area contributed by atoms with Gasteiger partial charge >= 0.3 is 0 Å². The molecule has 8 heteroatoms. The lowest BCUT2D eigenvalue weighted by atomic mass is 10.0. The van der Waals surface area contributed by atoms with Crippen molar-refractivity contribution in [2.45, 2.75) is 12.5 Å². The van der Waals surface area contributed by atoms with Crippen LogP contribution < -0.4 is 10.0 Å². The number of aliphatic carboxylic acids is 1. The van der Waals surface area contributed by atoms with Crippen molar-refractivity contribution >= 4 is 57.3 Å². The number of benzene rings is 2. The molecule has 0 spiro atoms. The van der Waals surface area contributed by atoms with E-state index in [0.717, 1.165) is 22.2 Å². The number of para-hydroxylation sites is 1. The van der Waals surface area contributed by atoms with Crippen molar-refractivity contribution in [2.75, 3.05) is 11.9 Å². The third kappa shape index (κ3) is 3.24. The summed E-state index contributed by atoms with van der Waals surface area (Å²) < 4.78 is 0.0995. The second-order valence-electron chi connectivity index (χ2n) is 6.65. The number of carbonyl (C=O) groups excluding carboxylic acids is 3. The fraction of sp³-hybridized carbons (Fsp3) is 0.143. The highest BCUT2D eigenvalue weighted by atomic mass is 32.2. The Hall–Kier alpha value is -2.97. The minimum Gasteiger partial charge on any atom is -0.548 e. The summed E-state index contributed by atoms with van der Waals surface area (Å²) >= 11 is 6.28. The van der Waals surface area contributed by atoms with E-state index in [1.165, 1.54) is 4.90 Å². The first kappa shape index (κ1) is 19.4. The number of thioether (sulfide) groups is 1. The first-order valence-electron chi connectivity index (χ1n) is 8.82. The second kappa shape index (κ2) is 7.46. The number of carboxylic acids is 1. The van der Waals surface area contributed by atoms with Gasteiger partial charge in [-0.3, -0.25) is 14.5 Å². The van der Waals surface area contributed by atoms with Crippen LogP contribution in [0.15, 0.2) is 59.5 Å². The van der Waals surface area contributed by atoms with Gasteiger partial charge in [0.15, 0.2) is 0 Å². The van der Waals surface area contributed by atoms with Crippen molar-refractivity contribution in [2.24, 2.45) is 0 Å². The van der Waals surface area contributed by atoms with Gasteiger partial charge in [-0.2, -0.15) is 0 Å². The standard InChI is InChI=1S/C21H16N2O4S2/c1-22-14-10-6-5-9-13(14)16(18(22)24)17-19(25)23(21(28)29-17)15(20(26)27)11-12-7-3-2-4-8-12/h2-10,15H,11H2,1H3,(H,26,27)/p-1/b17-16-/t15-/m1/s1. The van der Waals surface area contributed by atoms with Crippen molar-refractivity contribution in [1.29, 1.82) is 0 Å². The van der Waals surface area contributed by atoms with Gasteiger partial charge in [0.1, 0.15) is 4.32 Å². The molecule has 4 rings (SSSR count). The summed E-state index contributed by atoms with van der Waals surface area (Å²) in [4.78, 5) is 40.5. The molecule has 29 heavy (non-hydrogen) atoms. The number of thiocarbonyl (C=S) groups is 1. The molecule has 0 radical (unpaired) electrons. The highest BCUT2D eigenvalue weighted by Crippen LogP contribution is 2.44. The molecule has 0 aliphatic carbocycles. The Morgan fingerprint density at radius 3 is 2.41 bits per heavy atom. The van der Waals surface area contributed by atoms with Crippen LogP contribution in [0.2, 0.25) is 0 Å². The van der Waals surface area contributed by atoms with Gasteiger partial charge < -0.3 is 14.8 Å². The zero-order valence-electron chi connectivity index (χ0n) is 15.3. The number of hydrogen-bond acceptors (Lipinski definition) is 6. The van der Waals surface area contributed by atoms with Crippen LogP contribution in [0.25, 0.3) is 5.57 Å². The first-order valence-corrected chi connectivity index (χ1v) is 10.0. The Bertz CT molecular complexity index is 1080. The van der Waals surface area contributed by atoms with Crippen molar-refractivity contribution in [3.8, 4) is 0 Å². The lowest BCUT2D eigenvalue weighted by molar-refractivity contribution is -0.310. The second-order valence-corrected chi connectivity index (χ2v) is 8.30. The number of fused-ring (bicyclic) bond motifs is 1. The van der Waals surface area contributed by atoms with E-state index in [-0.39, 0.29) is 27.1 Å². The third-order valence-electron chi connectivity index (χ3n) is 4.94. The van der Waals surface area contributed by atoms with Crippen molar-refractivity contribution < 1.29 is 19.5 Å². The third-order valence-corrected chi connectivity index (χ3v) is 6.34. The molecule has 1 fully saturated rings. The Balaban J connectivity index is 1.75.